The summed E-state index contributed by atoms with van der Waals surface area (Å²) in [6.45, 7) is 5.69. The highest BCUT2D eigenvalue weighted by Gasteiger charge is 2.35. The molecule has 2 rings (SSSR count). The summed E-state index contributed by atoms with van der Waals surface area (Å²) in [5.74, 6) is -0.0611. The van der Waals surface area contributed by atoms with E-state index in [1.54, 1.807) is 0 Å². The first-order valence-corrected chi connectivity index (χ1v) is 7.03. The van der Waals surface area contributed by atoms with Gasteiger partial charge in [-0.3, -0.25) is 4.79 Å². The lowest BCUT2D eigenvalue weighted by Gasteiger charge is -2.38. The van der Waals surface area contributed by atoms with Gasteiger partial charge in [-0.2, -0.15) is 0 Å². The first kappa shape index (κ1) is 13.2. The summed E-state index contributed by atoms with van der Waals surface area (Å²) in [5, 5.41) is 0. The van der Waals surface area contributed by atoms with E-state index in [1.165, 1.54) is 18.5 Å². The summed E-state index contributed by atoms with van der Waals surface area (Å²) in [6.07, 6.45) is 7.09. The number of esters is 1. The van der Waals surface area contributed by atoms with Crippen LogP contribution in [0.5, 0.6) is 0 Å². The molecule has 0 spiro atoms. The lowest BCUT2D eigenvalue weighted by molar-refractivity contribution is -0.143. The zero-order valence-corrected chi connectivity index (χ0v) is 11.4. The molecule has 1 aromatic rings. The van der Waals surface area contributed by atoms with Gasteiger partial charge in [0.25, 0.3) is 0 Å². The minimum absolute atomic E-state index is 0.0611. The van der Waals surface area contributed by atoms with Crippen molar-refractivity contribution in [3.63, 3.8) is 0 Å². The maximum absolute atomic E-state index is 11.6. The predicted molar refractivity (Wildman–Crippen MR) is 71.5 cm³/mol. The summed E-state index contributed by atoms with van der Waals surface area (Å²) >= 11 is 0. The molecule has 1 atom stereocenters. The van der Waals surface area contributed by atoms with Crippen LogP contribution >= 0.6 is 0 Å². The van der Waals surface area contributed by atoms with Crippen LogP contribution in [-0.4, -0.2) is 17.1 Å². The third-order valence-electron chi connectivity index (χ3n) is 4.22. The van der Waals surface area contributed by atoms with Gasteiger partial charge in [-0.1, -0.05) is 6.92 Å². The highest BCUT2D eigenvalue weighted by atomic mass is 16.5. The Balaban J connectivity index is 2.10. The van der Waals surface area contributed by atoms with Gasteiger partial charge >= 0.3 is 5.97 Å². The second-order valence-electron chi connectivity index (χ2n) is 5.13. The van der Waals surface area contributed by atoms with Crippen molar-refractivity contribution in [3.8, 4) is 0 Å². The van der Waals surface area contributed by atoms with Gasteiger partial charge in [0.15, 0.2) is 0 Å². The topological polar surface area (TPSA) is 31.2 Å². The highest BCUT2D eigenvalue weighted by Crippen LogP contribution is 2.41. The van der Waals surface area contributed by atoms with Crippen molar-refractivity contribution in [3.05, 3.63) is 24.0 Å². The first-order chi connectivity index (χ1) is 8.72. The third kappa shape index (κ3) is 2.45. The predicted octanol–water partition coefficient (Wildman–Crippen LogP) is 3.27. The zero-order valence-electron chi connectivity index (χ0n) is 11.4. The summed E-state index contributed by atoms with van der Waals surface area (Å²) in [5.41, 5.74) is 1.58. The molecule has 0 fully saturated rings. The van der Waals surface area contributed by atoms with Crippen molar-refractivity contribution in [1.29, 1.82) is 0 Å². The number of aryl methyl sites for hydroxylation is 1. The molecule has 18 heavy (non-hydrogen) atoms. The normalized spacial score (nSPS) is 22.6. The van der Waals surface area contributed by atoms with E-state index in [1.807, 2.05) is 6.92 Å². The number of ether oxygens (including phenoxy) is 1. The fourth-order valence-electron chi connectivity index (χ4n) is 3.17. The van der Waals surface area contributed by atoms with Crippen LogP contribution in [0.2, 0.25) is 0 Å². The molecular formula is C15H23NO2. The average molecular weight is 249 g/mol. The van der Waals surface area contributed by atoms with Crippen LogP contribution in [0.25, 0.3) is 0 Å². The van der Waals surface area contributed by atoms with E-state index in [0.29, 0.717) is 13.0 Å². The maximum atomic E-state index is 11.6. The molecule has 0 bridgehead atoms. The van der Waals surface area contributed by atoms with Gasteiger partial charge in [-0.05, 0) is 44.7 Å². The minimum Gasteiger partial charge on any atom is -0.466 e. The largest absolute Gasteiger partial charge is 0.466 e. The van der Waals surface area contributed by atoms with Crippen LogP contribution in [0.15, 0.2) is 18.3 Å². The monoisotopic (exact) mass is 249 g/mol. The molecule has 3 heteroatoms. The molecule has 100 valence electrons. The number of fused-ring (bicyclic) bond motifs is 1. The van der Waals surface area contributed by atoms with Crippen molar-refractivity contribution in [2.24, 2.45) is 0 Å². The first-order valence-electron chi connectivity index (χ1n) is 7.03. The van der Waals surface area contributed by atoms with Gasteiger partial charge in [-0.15, -0.1) is 0 Å². The smallest absolute Gasteiger partial charge is 0.305 e. The van der Waals surface area contributed by atoms with Crippen LogP contribution in [-0.2, 0) is 21.5 Å². The Hall–Kier alpha value is -1.25. The van der Waals surface area contributed by atoms with Gasteiger partial charge in [0.05, 0.1) is 6.61 Å². The molecule has 0 amide bonds. The maximum Gasteiger partial charge on any atom is 0.305 e. The fourth-order valence-corrected chi connectivity index (χ4v) is 3.17. The van der Waals surface area contributed by atoms with Crippen LogP contribution in [0.4, 0.5) is 0 Å². The van der Waals surface area contributed by atoms with Crippen molar-refractivity contribution >= 4 is 5.97 Å². The molecule has 2 heterocycles. The van der Waals surface area contributed by atoms with Crippen molar-refractivity contribution in [2.45, 2.75) is 57.9 Å². The van der Waals surface area contributed by atoms with Crippen LogP contribution in [0.3, 0.4) is 0 Å². The molecule has 0 aromatic carbocycles. The summed E-state index contributed by atoms with van der Waals surface area (Å²) in [4.78, 5) is 11.6. The van der Waals surface area contributed by atoms with E-state index in [0.717, 1.165) is 19.4 Å². The quantitative estimate of drug-likeness (QED) is 0.750. The Morgan fingerprint density at radius 1 is 1.50 bits per heavy atom. The number of rotatable bonds is 5. The Bertz CT molecular complexity index is 410. The van der Waals surface area contributed by atoms with Crippen molar-refractivity contribution in [1.82, 2.24) is 4.57 Å². The van der Waals surface area contributed by atoms with Crippen LogP contribution in [0.1, 0.15) is 51.6 Å². The Morgan fingerprint density at radius 2 is 2.33 bits per heavy atom. The third-order valence-corrected chi connectivity index (χ3v) is 4.22. The zero-order chi connectivity index (χ0) is 13.0. The number of hydrogen-bond acceptors (Lipinski definition) is 2. The second kappa shape index (κ2) is 5.59. The Morgan fingerprint density at radius 3 is 3.06 bits per heavy atom. The van der Waals surface area contributed by atoms with E-state index in [2.05, 4.69) is 29.8 Å². The Labute approximate surface area is 109 Å². The lowest BCUT2D eigenvalue weighted by atomic mass is 9.72. The second-order valence-corrected chi connectivity index (χ2v) is 5.13. The molecule has 1 unspecified atom stereocenters. The van der Waals surface area contributed by atoms with Gasteiger partial charge in [0, 0.05) is 30.3 Å². The summed E-state index contributed by atoms with van der Waals surface area (Å²) in [6, 6.07) is 4.34. The molecular weight excluding hydrogens is 226 g/mol. The Kier molecular flexibility index (Phi) is 4.10. The molecule has 1 aromatic heterocycles. The van der Waals surface area contributed by atoms with Gasteiger partial charge < -0.3 is 9.30 Å². The van der Waals surface area contributed by atoms with Crippen LogP contribution < -0.4 is 0 Å². The molecule has 1 aliphatic heterocycles. The number of aromatic nitrogens is 1. The summed E-state index contributed by atoms with van der Waals surface area (Å²) in [7, 11) is 0. The molecule has 0 N–H and O–H groups in total. The fraction of sp³-hybridized carbons (Fsp3) is 0.667. The molecule has 0 saturated heterocycles. The van der Waals surface area contributed by atoms with Crippen LogP contribution in [0, 0.1) is 0 Å². The van der Waals surface area contributed by atoms with E-state index >= 15 is 0 Å². The SMILES string of the molecule is CCOC(=O)CCC1(CC)CCCn2cccc21. The standard InChI is InChI=1S/C15H23NO2/c1-3-15(10-8-14(17)18-4-2)9-6-12-16-11-5-7-13(15)16/h5,7,11H,3-4,6,8-10,12H2,1-2H3. The molecule has 1 aliphatic rings. The summed E-state index contributed by atoms with van der Waals surface area (Å²) < 4.78 is 7.39. The van der Waals surface area contributed by atoms with E-state index < -0.39 is 0 Å². The number of carbonyl (C=O) groups is 1. The van der Waals surface area contributed by atoms with E-state index in [-0.39, 0.29) is 11.4 Å². The van der Waals surface area contributed by atoms with Gasteiger partial charge in [-0.25, -0.2) is 0 Å². The van der Waals surface area contributed by atoms with Gasteiger partial charge in [0.2, 0.25) is 0 Å². The molecule has 0 radical (unpaired) electrons. The number of hydrogen-bond donors (Lipinski definition) is 0. The molecule has 3 nitrogen and oxygen atoms in total. The lowest BCUT2D eigenvalue weighted by Crippen LogP contribution is -2.33. The molecule has 0 aliphatic carbocycles. The van der Waals surface area contributed by atoms with E-state index in [4.69, 9.17) is 4.74 Å². The number of nitrogens with zero attached hydrogens (tertiary/aromatic N) is 1. The van der Waals surface area contributed by atoms with Gasteiger partial charge in [0.1, 0.15) is 0 Å². The molecule has 0 saturated carbocycles. The highest BCUT2D eigenvalue weighted by molar-refractivity contribution is 5.69. The average Bonchev–Trinajstić information content (AvgIpc) is 2.86. The number of carbonyl (C=O) groups excluding carboxylic acids is 1. The van der Waals surface area contributed by atoms with Crippen molar-refractivity contribution in [2.75, 3.05) is 6.61 Å². The van der Waals surface area contributed by atoms with Crippen molar-refractivity contribution < 1.29 is 9.53 Å². The van der Waals surface area contributed by atoms with E-state index in [9.17, 15) is 4.79 Å². The minimum atomic E-state index is -0.0611.